The molecule has 0 atom stereocenters. The van der Waals surface area contributed by atoms with Crippen LogP contribution in [0.15, 0.2) is 41.5 Å². The van der Waals surface area contributed by atoms with Crippen molar-refractivity contribution in [2.24, 2.45) is 4.99 Å². The standard InChI is InChI=1S/C20H23F2IN4OS/c1-3-9-24-18(15-25-17-6-4-16(5-7-17)20(2,21)22)26-10-12-27(13-11-26)19(28)8-14-29-23/h3-7,9,25H,10-13,15H2,1-2H3/b9-3-,24-18?. The Hall–Kier alpha value is -1.80. The number of amidine groups is 1. The van der Waals surface area contributed by atoms with Crippen molar-refractivity contribution >= 4 is 47.6 Å². The average molecular weight is 532 g/mol. The predicted molar refractivity (Wildman–Crippen MR) is 124 cm³/mol. The number of halogens is 3. The van der Waals surface area contributed by atoms with E-state index in [9.17, 15) is 13.6 Å². The first-order valence-corrected chi connectivity index (χ1v) is 12.4. The van der Waals surface area contributed by atoms with Crippen molar-refractivity contribution in [2.75, 3.05) is 38.0 Å². The van der Waals surface area contributed by atoms with E-state index < -0.39 is 5.92 Å². The Kier molecular flexibility index (Phi) is 9.23. The molecular weight excluding hydrogens is 509 g/mol. The Morgan fingerprint density at radius 1 is 1.28 bits per heavy atom. The third-order valence-electron chi connectivity index (χ3n) is 4.34. The number of anilines is 1. The van der Waals surface area contributed by atoms with E-state index in [1.54, 1.807) is 23.2 Å². The fourth-order valence-corrected chi connectivity index (χ4v) is 3.23. The molecule has 9 heteroatoms. The zero-order valence-corrected chi connectivity index (χ0v) is 19.3. The van der Waals surface area contributed by atoms with E-state index in [-0.39, 0.29) is 11.5 Å². The Balaban J connectivity index is 1.98. The first-order valence-electron chi connectivity index (χ1n) is 9.07. The summed E-state index contributed by atoms with van der Waals surface area (Å²) in [5, 5.41) is 5.95. The summed E-state index contributed by atoms with van der Waals surface area (Å²) >= 11 is 2.03. The fourth-order valence-electron chi connectivity index (χ4n) is 2.77. The Morgan fingerprint density at radius 2 is 1.90 bits per heavy atom. The van der Waals surface area contributed by atoms with Crippen LogP contribution in [0.4, 0.5) is 14.5 Å². The second kappa shape index (κ2) is 11.4. The van der Waals surface area contributed by atoms with Crippen molar-refractivity contribution in [3.05, 3.63) is 42.1 Å². The zero-order chi connectivity index (χ0) is 21.3. The van der Waals surface area contributed by atoms with E-state index in [4.69, 9.17) is 0 Å². The molecule has 1 aliphatic heterocycles. The number of nitrogens with zero attached hydrogens (tertiary/aromatic N) is 3. The van der Waals surface area contributed by atoms with Gasteiger partial charge < -0.3 is 15.1 Å². The maximum absolute atomic E-state index is 13.3. The molecule has 0 unspecified atom stereocenters. The first-order chi connectivity index (χ1) is 13.8. The summed E-state index contributed by atoms with van der Waals surface area (Å²) in [6.45, 7) is 5.69. The van der Waals surface area contributed by atoms with Gasteiger partial charge in [0.25, 0.3) is 11.8 Å². The van der Waals surface area contributed by atoms with E-state index in [1.165, 1.54) is 21.1 Å². The van der Waals surface area contributed by atoms with Crippen molar-refractivity contribution in [1.29, 1.82) is 0 Å². The third-order valence-corrected chi connectivity index (χ3v) is 5.18. The quantitative estimate of drug-likeness (QED) is 0.266. The number of alkyl halides is 2. The molecule has 0 bridgehead atoms. The molecule has 5 nitrogen and oxygen atoms in total. The lowest BCUT2D eigenvalue weighted by molar-refractivity contribution is -0.126. The fraction of sp³-hybridized carbons (Fsp3) is 0.400. The molecule has 1 aromatic carbocycles. The van der Waals surface area contributed by atoms with E-state index in [0.29, 0.717) is 32.7 Å². The molecule has 29 heavy (non-hydrogen) atoms. The van der Waals surface area contributed by atoms with E-state index in [0.717, 1.165) is 18.4 Å². The van der Waals surface area contributed by atoms with Crippen molar-refractivity contribution in [3.63, 3.8) is 0 Å². The summed E-state index contributed by atoms with van der Waals surface area (Å²) in [7, 11) is 1.29. The van der Waals surface area contributed by atoms with Crippen molar-refractivity contribution in [2.45, 2.75) is 19.8 Å². The molecule has 0 radical (unpaired) electrons. The number of piperazine rings is 1. The molecule has 1 saturated heterocycles. The Bertz CT molecular complexity index is 805. The number of nitrogens with one attached hydrogen (secondary N) is 1. The van der Waals surface area contributed by atoms with Gasteiger partial charge in [0.15, 0.2) is 0 Å². The van der Waals surface area contributed by atoms with E-state index in [2.05, 4.69) is 26.4 Å². The number of aliphatic imine (C=N–C) groups is 1. The second-order valence-electron chi connectivity index (χ2n) is 6.43. The molecule has 1 aromatic rings. The van der Waals surface area contributed by atoms with Crippen LogP contribution in [0.2, 0.25) is 0 Å². The normalized spacial score (nSPS) is 15.3. The molecule has 0 spiro atoms. The van der Waals surface area contributed by atoms with Crippen LogP contribution in [-0.2, 0) is 10.7 Å². The highest BCUT2D eigenvalue weighted by molar-refractivity contribution is 14.2. The largest absolute Gasteiger partial charge is 0.378 e. The van der Waals surface area contributed by atoms with Crippen molar-refractivity contribution in [1.82, 2.24) is 9.80 Å². The maximum atomic E-state index is 13.3. The Morgan fingerprint density at radius 3 is 2.45 bits per heavy atom. The minimum atomic E-state index is -2.85. The van der Waals surface area contributed by atoms with Gasteiger partial charge in [0.1, 0.15) is 5.84 Å². The predicted octanol–water partition coefficient (Wildman–Crippen LogP) is 4.33. The molecule has 0 saturated carbocycles. The van der Waals surface area contributed by atoms with Crippen LogP contribution in [0.25, 0.3) is 0 Å². The molecule has 1 amide bonds. The van der Waals surface area contributed by atoms with Crippen LogP contribution in [0.3, 0.4) is 0 Å². The van der Waals surface area contributed by atoms with E-state index in [1.807, 2.05) is 34.2 Å². The van der Waals surface area contributed by atoms with Gasteiger partial charge in [0.2, 0.25) is 0 Å². The first kappa shape index (κ1) is 23.5. The number of hydrogen-bond acceptors (Lipinski definition) is 4. The topological polar surface area (TPSA) is 47.9 Å². The molecule has 1 aliphatic rings. The van der Waals surface area contributed by atoms with Crippen molar-refractivity contribution in [3.8, 4) is 11.2 Å². The van der Waals surface area contributed by atoms with Gasteiger partial charge in [-0.3, -0.25) is 4.79 Å². The van der Waals surface area contributed by atoms with Gasteiger partial charge in [0, 0.05) is 77.7 Å². The van der Waals surface area contributed by atoms with Gasteiger partial charge in [-0.1, -0.05) is 18.2 Å². The highest BCUT2D eigenvalue weighted by atomic mass is 127. The minimum Gasteiger partial charge on any atom is -0.378 e. The summed E-state index contributed by atoms with van der Waals surface area (Å²) in [6.07, 6.45) is 3.56. The summed E-state index contributed by atoms with van der Waals surface area (Å²) in [6, 6.07) is 6.12. The highest BCUT2D eigenvalue weighted by Crippen LogP contribution is 2.27. The summed E-state index contributed by atoms with van der Waals surface area (Å²) in [5.74, 6) is 0.423. The summed E-state index contributed by atoms with van der Waals surface area (Å²) in [4.78, 5) is 20.4. The second-order valence-corrected chi connectivity index (χ2v) is 8.11. The zero-order valence-electron chi connectivity index (χ0n) is 16.3. The van der Waals surface area contributed by atoms with Crippen LogP contribution in [-0.4, -0.2) is 54.3 Å². The number of amides is 1. The Labute approximate surface area is 186 Å². The van der Waals surface area contributed by atoms with Gasteiger partial charge in [-0.15, -0.1) is 0 Å². The monoisotopic (exact) mass is 532 g/mol. The molecule has 2 rings (SSSR count). The van der Waals surface area contributed by atoms with Gasteiger partial charge in [-0.2, -0.15) is 0 Å². The molecule has 1 fully saturated rings. The third kappa shape index (κ3) is 7.51. The molecule has 156 valence electrons. The highest BCUT2D eigenvalue weighted by Gasteiger charge is 2.24. The van der Waals surface area contributed by atoms with E-state index >= 15 is 0 Å². The van der Waals surface area contributed by atoms with Gasteiger partial charge in [-0.05, 0) is 33.2 Å². The van der Waals surface area contributed by atoms with Gasteiger partial charge >= 0.3 is 0 Å². The SMILES string of the molecule is C/C=C\N=C(CNc1ccc(C(C)(F)F)cc1)N1CCN(C(=O)C#CSI)CC1. The average Bonchev–Trinajstić information content (AvgIpc) is 2.72. The molecular formula is C20H23F2IN4OS. The number of carbonyl (C=O) groups is 1. The smallest absolute Gasteiger partial charge is 0.299 e. The number of benzene rings is 1. The number of carbonyl (C=O) groups excluding carboxylic acids is 1. The summed E-state index contributed by atoms with van der Waals surface area (Å²) in [5.41, 5.74) is 0.724. The number of hydrogen-bond donors (Lipinski definition) is 1. The minimum absolute atomic E-state index is 0.0179. The molecule has 0 aliphatic carbocycles. The van der Waals surface area contributed by atoms with Crippen molar-refractivity contribution < 1.29 is 13.6 Å². The van der Waals surface area contributed by atoms with Gasteiger partial charge in [0.05, 0.1) is 6.54 Å². The summed E-state index contributed by atoms with van der Waals surface area (Å²) < 4.78 is 26.7. The lowest BCUT2D eigenvalue weighted by Crippen LogP contribution is -2.51. The van der Waals surface area contributed by atoms with Crippen LogP contribution < -0.4 is 5.32 Å². The number of rotatable bonds is 5. The maximum Gasteiger partial charge on any atom is 0.299 e. The molecule has 1 N–H and O–H groups in total. The molecule has 1 heterocycles. The number of allylic oxidation sites excluding steroid dienone is 1. The van der Waals surface area contributed by atoms with Crippen LogP contribution in [0.5, 0.6) is 0 Å². The van der Waals surface area contributed by atoms with Gasteiger partial charge in [-0.25, -0.2) is 13.8 Å². The van der Waals surface area contributed by atoms with Crippen LogP contribution in [0, 0.1) is 11.2 Å². The molecule has 0 aromatic heterocycles. The lowest BCUT2D eigenvalue weighted by Gasteiger charge is -2.35. The van der Waals surface area contributed by atoms with Crippen LogP contribution in [0.1, 0.15) is 19.4 Å². The lowest BCUT2D eigenvalue weighted by atomic mass is 10.1. The van der Waals surface area contributed by atoms with Crippen LogP contribution >= 0.6 is 30.1 Å².